The quantitative estimate of drug-likeness (QED) is 0.404. The molecule has 2 aromatic carbocycles. The SMILES string of the molecule is COc1ccc2c(c1)[C@@]1(O[C@H](CCn3cc(CCO)nn3)[C@@H]([Si](C)(C)O)[C@@H]1C)C(=O)N2Cc1ccccc1. The molecule has 0 radical (unpaired) electrons. The molecule has 2 aliphatic rings. The number of rotatable bonds is 9. The zero-order valence-electron chi connectivity index (χ0n) is 22.4. The predicted octanol–water partition coefficient (Wildman–Crippen LogP) is 3.26. The third-order valence-corrected chi connectivity index (χ3v) is 10.5. The van der Waals surface area contributed by atoms with Gasteiger partial charge in [0.05, 0.1) is 31.1 Å². The van der Waals surface area contributed by atoms with E-state index in [1.807, 2.05) is 79.6 Å². The number of methoxy groups -OCH3 is 1. The maximum Gasteiger partial charge on any atom is 0.264 e. The van der Waals surface area contributed by atoms with Crippen molar-refractivity contribution < 1.29 is 24.2 Å². The molecule has 2 N–H and O–H groups in total. The monoisotopic (exact) mass is 536 g/mol. The molecule has 0 aliphatic carbocycles. The second kappa shape index (κ2) is 10.3. The number of fused-ring (bicyclic) bond motifs is 2. The predicted molar refractivity (Wildman–Crippen MR) is 145 cm³/mol. The van der Waals surface area contributed by atoms with E-state index in [1.165, 1.54) is 0 Å². The van der Waals surface area contributed by atoms with Crippen molar-refractivity contribution in [2.45, 2.75) is 63.2 Å². The molecule has 0 unspecified atom stereocenters. The number of benzene rings is 2. The van der Waals surface area contributed by atoms with Crippen LogP contribution in [0.1, 0.15) is 30.2 Å². The minimum atomic E-state index is -2.76. The summed E-state index contributed by atoms with van der Waals surface area (Å²) in [6.45, 7) is 6.86. The molecule has 1 aromatic heterocycles. The molecule has 1 amide bonds. The molecule has 10 heteroatoms. The normalized spacial score (nSPS) is 24.8. The molecule has 1 saturated heterocycles. The zero-order chi connectivity index (χ0) is 27.1. The molecule has 3 aromatic rings. The summed E-state index contributed by atoms with van der Waals surface area (Å²) in [6, 6.07) is 15.6. The van der Waals surface area contributed by atoms with E-state index in [0.717, 1.165) is 22.5 Å². The van der Waals surface area contributed by atoms with E-state index in [9.17, 15) is 14.7 Å². The van der Waals surface area contributed by atoms with Gasteiger partial charge < -0.3 is 24.3 Å². The van der Waals surface area contributed by atoms with Crippen molar-refractivity contribution >= 4 is 19.9 Å². The number of hydrogen-bond acceptors (Lipinski definition) is 7. The Bertz CT molecular complexity index is 1290. The molecule has 38 heavy (non-hydrogen) atoms. The Morgan fingerprint density at radius 3 is 2.63 bits per heavy atom. The number of carbonyl (C=O) groups excluding carboxylic acids is 1. The first-order chi connectivity index (χ1) is 18.2. The van der Waals surface area contributed by atoms with Crippen molar-refractivity contribution in [3.63, 3.8) is 0 Å². The lowest BCUT2D eigenvalue weighted by Gasteiger charge is -2.32. The highest BCUT2D eigenvalue weighted by atomic mass is 28.4. The number of aliphatic hydroxyl groups is 1. The first kappa shape index (κ1) is 26.5. The summed E-state index contributed by atoms with van der Waals surface area (Å²) in [4.78, 5) is 27.7. The van der Waals surface area contributed by atoms with Crippen LogP contribution in [0.5, 0.6) is 5.75 Å². The minimum Gasteiger partial charge on any atom is -0.497 e. The van der Waals surface area contributed by atoms with E-state index in [1.54, 1.807) is 11.8 Å². The summed E-state index contributed by atoms with van der Waals surface area (Å²) in [7, 11) is -1.15. The Balaban J connectivity index is 1.52. The third kappa shape index (κ3) is 4.55. The number of aryl methyl sites for hydroxylation is 1. The van der Waals surface area contributed by atoms with Crippen LogP contribution >= 0.6 is 0 Å². The van der Waals surface area contributed by atoms with Crippen molar-refractivity contribution in [3.05, 3.63) is 71.5 Å². The fourth-order valence-corrected chi connectivity index (χ4v) is 8.92. The minimum absolute atomic E-state index is 0.0152. The molecule has 0 bridgehead atoms. The molecule has 9 nitrogen and oxygen atoms in total. The second-order valence-electron chi connectivity index (χ2n) is 10.9. The molecule has 2 aliphatic heterocycles. The van der Waals surface area contributed by atoms with Gasteiger partial charge >= 0.3 is 0 Å². The van der Waals surface area contributed by atoms with Crippen LogP contribution in [0, 0.1) is 5.92 Å². The fraction of sp³-hybridized carbons (Fsp3) is 0.464. The van der Waals surface area contributed by atoms with Gasteiger partial charge in [-0.3, -0.25) is 9.48 Å². The average molecular weight is 537 g/mol. The number of hydrogen-bond donors (Lipinski definition) is 2. The van der Waals surface area contributed by atoms with Crippen molar-refractivity contribution in [1.29, 1.82) is 0 Å². The van der Waals surface area contributed by atoms with Crippen LogP contribution in [0.25, 0.3) is 0 Å². The van der Waals surface area contributed by atoms with E-state index in [4.69, 9.17) is 9.47 Å². The maximum absolute atomic E-state index is 14.4. The number of ether oxygens (including phenoxy) is 2. The number of nitrogens with zero attached hydrogens (tertiary/aromatic N) is 4. The van der Waals surface area contributed by atoms with Gasteiger partial charge in [0, 0.05) is 42.8 Å². The molecule has 0 saturated carbocycles. The molecule has 4 atom stereocenters. The summed E-state index contributed by atoms with van der Waals surface area (Å²) >= 11 is 0. The average Bonchev–Trinajstić information content (AvgIpc) is 3.53. The van der Waals surface area contributed by atoms with Gasteiger partial charge in [-0.15, -0.1) is 5.10 Å². The van der Waals surface area contributed by atoms with Gasteiger partial charge in [-0.05, 0) is 43.3 Å². The van der Waals surface area contributed by atoms with E-state index >= 15 is 0 Å². The molecule has 1 fully saturated rings. The van der Waals surface area contributed by atoms with Crippen LogP contribution in [-0.2, 0) is 34.6 Å². The Morgan fingerprint density at radius 1 is 1.18 bits per heavy atom. The van der Waals surface area contributed by atoms with Crippen molar-refractivity contribution in [1.82, 2.24) is 15.0 Å². The lowest BCUT2D eigenvalue weighted by Crippen LogP contribution is -2.46. The maximum atomic E-state index is 14.4. The van der Waals surface area contributed by atoms with Gasteiger partial charge in [0.2, 0.25) is 0 Å². The number of amides is 1. The Morgan fingerprint density at radius 2 is 1.95 bits per heavy atom. The fourth-order valence-electron chi connectivity index (χ4n) is 6.31. The van der Waals surface area contributed by atoms with Crippen LogP contribution < -0.4 is 9.64 Å². The first-order valence-corrected chi connectivity index (χ1v) is 16.2. The van der Waals surface area contributed by atoms with Crippen molar-refractivity contribution in [2.75, 3.05) is 18.6 Å². The molecule has 202 valence electrons. The molecular formula is C28H36N4O5Si. The van der Waals surface area contributed by atoms with Crippen LogP contribution in [0.4, 0.5) is 5.69 Å². The smallest absolute Gasteiger partial charge is 0.264 e. The molecule has 3 heterocycles. The zero-order valence-corrected chi connectivity index (χ0v) is 23.4. The van der Waals surface area contributed by atoms with Gasteiger partial charge in [0.15, 0.2) is 13.9 Å². The molecular weight excluding hydrogens is 500 g/mol. The van der Waals surface area contributed by atoms with Gasteiger partial charge in [-0.1, -0.05) is 42.5 Å². The summed E-state index contributed by atoms with van der Waals surface area (Å²) < 4.78 is 14.2. The van der Waals surface area contributed by atoms with Crippen LogP contribution in [0.2, 0.25) is 18.6 Å². The highest BCUT2D eigenvalue weighted by Crippen LogP contribution is 2.60. The van der Waals surface area contributed by atoms with Gasteiger partial charge in [0.25, 0.3) is 5.91 Å². The lowest BCUT2D eigenvalue weighted by molar-refractivity contribution is -0.146. The number of carbonyl (C=O) groups is 1. The summed E-state index contributed by atoms with van der Waals surface area (Å²) in [5, 5.41) is 17.5. The highest BCUT2D eigenvalue weighted by molar-refractivity contribution is 6.71. The van der Waals surface area contributed by atoms with Crippen molar-refractivity contribution in [2.24, 2.45) is 5.92 Å². The van der Waals surface area contributed by atoms with Crippen molar-refractivity contribution in [3.8, 4) is 5.75 Å². The Kier molecular flexibility index (Phi) is 7.16. The Labute approximate surface area is 224 Å². The van der Waals surface area contributed by atoms with E-state index < -0.39 is 13.9 Å². The van der Waals surface area contributed by atoms with Crippen LogP contribution in [0.15, 0.2) is 54.7 Å². The number of anilines is 1. The molecule has 5 rings (SSSR count). The standard InChI is InChI=1S/C28H36N4O5Si/c1-19-26(38(3,4)35)25(12-14-31-18-21(13-15-33)29-30-31)37-28(19)23-16-22(36-2)10-11-24(23)32(27(28)34)17-20-8-6-5-7-9-20/h5-11,16,18-19,25-26,33,35H,12-15,17H2,1-4H3/t19-,25+,26-,28+/m0/s1. The molecule has 1 spiro atoms. The Hall–Kier alpha value is -3.05. The first-order valence-electron chi connectivity index (χ1n) is 13.1. The summed E-state index contributed by atoms with van der Waals surface area (Å²) in [5.74, 6) is 0.306. The van der Waals surface area contributed by atoms with Gasteiger partial charge in [-0.25, -0.2) is 0 Å². The number of aliphatic hydroxyl groups excluding tert-OH is 1. The lowest BCUT2D eigenvalue weighted by atomic mass is 9.82. The van der Waals surface area contributed by atoms with Gasteiger partial charge in [0.1, 0.15) is 5.75 Å². The largest absolute Gasteiger partial charge is 0.497 e. The van der Waals surface area contributed by atoms with Crippen LogP contribution in [-0.4, -0.2) is 58.9 Å². The van der Waals surface area contributed by atoms with E-state index in [2.05, 4.69) is 10.3 Å². The summed E-state index contributed by atoms with van der Waals surface area (Å²) in [6.07, 6.45) is 2.50. The van der Waals surface area contributed by atoms with E-state index in [0.29, 0.717) is 31.7 Å². The van der Waals surface area contributed by atoms with E-state index in [-0.39, 0.29) is 30.1 Å². The summed E-state index contributed by atoms with van der Waals surface area (Å²) in [5.41, 5.74) is 1.96. The highest BCUT2D eigenvalue weighted by Gasteiger charge is 2.66. The second-order valence-corrected chi connectivity index (χ2v) is 14.8. The third-order valence-electron chi connectivity index (χ3n) is 7.97. The topological polar surface area (TPSA) is 110 Å². The number of aromatic nitrogens is 3. The van der Waals surface area contributed by atoms with Gasteiger partial charge in [-0.2, -0.15) is 0 Å². The van der Waals surface area contributed by atoms with Crippen LogP contribution in [0.3, 0.4) is 0 Å².